The van der Waals surface area contributed by atoms with Crippen LogP contribution in [-0.4, -0.2) is 25.5 Å². The smallest absolute Gasteiger partial charge is 0.259 e. The summed E-state index contributed by atoms with van der Waals surface area (Å²) in [5.41, 5.74) is 2.62. The average molecular weight is 338 g/mol. The fourth-order valence-electron chi connectivity index (χ4n) is 2.15. The first kappa shape index (κ1) is 18.3. The molecule has 5 heteroatoms. The molecule has 2 aromatic carbocycles. The largest absolute Gasteiger partial charge is 0.488 e. The minimum atomic E-state index is -0.278. The average Bonchev–Trinajstić information content (AvgIpc) is 2.59. The Balaban J connectivity index is 2.19. The Hall–Kier alpha value is -3.08. The van der Waals surface area contributed by atoms with Crippen molar-refractivity contribution in [2.24, 2.45) is 0 Å². The number of benzene rings is 2. The number of rotatable bonds is 6. The maximum atomic E-state index is 12.6. The molecular formula is C20H22N2O3. The van der Waals surface area contributed by atoms with Crippen LogP contribution in [0.4, 0.5) is 11.4 Å². The predicted molar refractivity (Wildman–Crippen MR) is 100 cm³/mol. The molecule has 0 aromatic heterocycles. The SMILES string of the molecule is C=C(C)COc1ccccc1C(=O)Nc1cccc(N(C)C(C)=O)c1. The van der Waals surface area contributed by atoms with E-state index in [9.17, 15) is 9.59 Å². The second-order valence-corrected chi connectivity index (χ2v) is 5.82. The van der Waals surface area contributed by atoms with Crippen LogP contribution >= 0.6 is 0 Å². The van der Waals surface area contributed by atoms with Crippen LogP contribution in [0.3, 0.4) is 0 Å². The summed E-state index contributed by atoms with van der Waals surface area (Å²) in [6.45, 7) is 7.49. The molecule has 0 saturated carbocycles. The summed E-state index contributed by atoms with van der Waals surface area (Å²) in [7, 11) is 1.68. The highest BCUT2D eigenvalue weighted by molar-refractivity contribution is 6.06. The van der Waals surface area contributed by atoms with Crippen molar-refractivity contribution < 1.29 is 14.3 Å². The molecule has 0 bridgehead atoms. The Morgan fingerprint density at radius 1 is 1.12 bits per heavy atom. The topological polar surface area (TPSA) is 58.6 Å². The summed E-state index contributed by atoms with van der Waals surface area (Å²) in [4.78, 5) is 25.6. The molecule has 1 N–H and O–H groups in total. The Kier molecular flexibility index (Phi) is 5.95. The predicted octanol–water partition coefficient (Wildman–Crippen LogP) is 3.88. The lowest BCUT2D eigenvalue weighted by atomic mass is 10.1. The number of nitrogens with one attached hydrogen (secondary N) is 1. The van der Waals surface area contributed by atoms with E-state index >= 15 is 0 Å². The summed E-state index contributed by atoms with van der Waals surface area (Å²) >= 11 is 0. The quantitative estimate of drug-likeness (QED) is 0.813. The van der Waals surface area contributed by atoms with Crippen LogP contribution in [-0.2, 0) is 4.79 Å². The van der Waals surface area contributed by atoms with Gasteiger partial charge in [0.05, 0.1) is 5.56 Å². The van der Waals surface area contributed by atoms with Crippen molar-refractivity contribution >= 4 is 23.2 Å². The zero-order valence-corrected chi connectivity index (χ0v) is 14.7. The number of nitrogens with zero attached hydrogens (tertiary/aromatic N) is 1. The van der Waals surface area contributed by atoms with Gasteiger partial charge in [-0.3, -0.25) is 9.59 Å². The Labute approximate surface area is 147 Å². The lowest BCUT2D eigenvalue weighted by molar-refractivity contribution is -0.116. The highest BCUT2D eigenvalue weighted by Crippen LogP contribution is 2.22. The van der Waals surface area contributed by atoms with Gasteiger partial charge in [0.1, 0.15) is 12.4 Å². The number of ether oxygens (including phenoxy) is 1. The molecule has 0 aliphatic heterocycles. The van der Waals surface area contributed by atoms with Crippen molar-refractivity contribution in [1.82, 2.24) is 0 Å². The first-order valence-corrected chi connectivity index (χ1v) is 7.90. The molecule has 2 aromatic rings. The van der Waals surface area contributed by atoms with Crippen molar-refractivity contribution in [1.29, 1.82) is 0 Å². The molecule has 0 radical (unpaired) electrons. The van der Waals surface area contributed by atoms with Crippen LogP contribution in [0.25, 0.3) is 0 Å². The lowest BCUT2D eigenvalue weighted by Gasteiger charge is -2.16. The van der Waals surface area contributed by atoms with E-state index in [1.54, 1.807) is 49.5 Å². The molecule has 0 atom stereocenters. The molecule has 0 aliphatic rings. The van der Waals surface area contributed by atoms with Crippen LogP contribution in [0, 0.1) is 0 Å². The summed E-state index contributed by atoms with van der Waals surface area (Å²) in [5.74, 6) is 0.141. The van der Waals surface area contributed by atoms with Crippen LogP contribution in [0.15, 0.2) is 60.7 Å². The Bertz CT molecular complexity index is 799. The van der Waals surface area contributed by atoms with Gasteiger partial charge in [0.2, 0.25) is 5.91 Å². The molecule has 25 heavy (non-hydrogen) atoms. The second kappa shape index (κ2) is 8.15. The Morgan fingerprint density at radius 2 is 1.84 bits per heavy atom. The summed E-state index contributed by atoms with van der Waals surface area (Å²) in [6.07, 6.45) is 0. The number of carbonyl (C=O) groups excluding carboxylic acids is 2. The van der Waals surface area contributed by atoms with Crippen molar-refractivity contribution in [3.8, 4) is 5.75 Å². The van der Waals surface area contributed by atoms with Crippen LogP contribution in [0.1, 0.15) is 24.2 Å². The summed E-state index contributed by atoms with van der Waals surface area (Å²) < 4.78 is 5.64. The van der Waals surface area contributed by atoms with Gasteiger partial charge in [-0.15, -0.1) is 0 Å². The molecule has 0 unspecified atom stereocenters. The molecule has 0 saturated heterocycles. The van der Waals surface area contributed by atoms with Crippen LogP contribution < -0.4 is 15.0 Å². The zero-order valence-electron chi connectivity index (χ0n) is 14.7. The minimum Gasteiger partial charge on any atom is -0.488 e. The molecule has 2 rings (SSSR count). The highest BCUT2D eigenvalue weighted by Gasteiger charge is 2.13. The monoisotopic (exact) mass is 338 g/mol. The van der Waals surface area contributed by atoms with Gasteiger partial charge in [0.25, 0.3) is 5.91 Å². The number of para-hydroxylation sites is 1. The molecule has 0 aliphatic carbocycles. The third-order valence-electron chi connectivity index (χ3n) is 3.57. The third-order valence-corrected chi connectivity index (χ3v) is 3.57. The van der Waals surface area contributed by atoms with E-state index in [2.05, 4.69) is 11.9 Å². The van der Waals surface area contributed by atoms with E-state index in [1.807, 2.05) is 13.0 Å². The number of amides is 2. The van der Waals surface area contributed by atoms with Gasteiger partial charge < -0.3 is 15.0 Å². The molecular weight excluding hydrogens is 316 g/mol. The fourth-order valence-corrected chi connectivity index (χ4v) is 2.15. The van der Waals surface area contributed by atoms with Gasteiger partial charge in [-0.25, -0.2) is 0 Å². The van der Waals surface area contributed by atoms with Gasteiger partial charge >= 0.3 is 0 Å². The summed E-state index contributed by atoms with van der Waals surface area (Å²) in [6, 6.07) is 14.2. The number of hydrogen-bond donors (Lipinski definition) is 1. The standard InChI is InChI=1S/C20H22N2O3/c1-14(2)13-25-19-11-6-5-10-18(19)20(24)21-16-8-7-9-17(12-16)22(4)15(3)23/h5-12H,1,13H2,2-4H3,(H,21,24). The first-order chi connectivity index (χ1) is 11.9. The zero-order chi connectivity index (χ0) is 18.4. The minimum absolute atomic E-state index is 0.0815. The van der Waals surface area contributed by atoms with Gasteiger partial charge in [-0.05, 0) is 42.8 Å². The van der Waals surface area contributed by atoms with Gasteiger partial charge in [-0.1, -0.05) is 24.8 Å². The maximum absolute atomic E-state index is 12.6. The van der Waals surface area contributed by atoms with E-state index in [0.29, 0.717) is 29.3 Å². The third kappa shape index (κ3) is 4.94. The van der Waals surface area contributed by atoms with Gasteiger partial charge in [0.15, 0.2) is 0 Å². The molecule has 0 fully saturated rings. The molecule has 0 heterocycles. The van der Waals surface area contributed by atoms with E-state index in [1.165, 1.54) is 11.8 Å². The van der Waals surface area contributed by atoms with E-state index in [0.717, 1.165) is 5.57 Å². The molecule has 130 valence electrons. The highest BCUT2D eigenvalue weighted by atomic mass is 16.5. The van der Waals surface area contributed by atoms with Gasteiger partial charge in [-0.2, -0.15) is 0 Å². The van der Waals surface area contributed by atoms with E-state index in [-0.39, 0.29) is 11.8 Å². The maximum Gasteiger partial charge on any atom is 0.259 e. The van der Waals surface area contributed by atoms with Crippen molar-refractivity contribution in [2.45, 2.75) is 13.8 Å². The Morgan fingerprint density at radius 3 is 2.52 bits per heavy atom. The number of anilines is 2. The van der Waals surface area contributed by atoms with E-state index < -0.39 is 0 Å². The first-order valence-electron chi connectivity index (χ1n) is 7.90. The normalized spacial score (nSPS) is 10.0. The molecule has 2 amide bonds. The summed E-state index contributed by atoms with van der Waals surface area (Å²) in [5, 5.41) is 2.84. The van der Waals surface area contributed by atoms with Gasteiger partial charge in [0, 0.05) is 25.3 Å². The second-order valence-electron chi connectivity index (χ2n) is 5.82. The number of carbonyl (C=O) groups is 2. The van der Waals surface area contributed by atoms with Crippen molar-refractivity contribution in [2.75, 3.05) is 23.9 Å². The molecule has 5 nitrogen and oxygen atoms in total. The van der Waals surface area contributed by atoms with Crippen molar-refractivity contribution in [3.63, 3.8) is 0 Å². The molecule has 0 spiro atoms. The van der Waals surface area contributed by atoms with E-state index in [4.69, 9.17) is 4.74 Å². The van der Waals surface area contributed by atoms with Crippen LogP contribution in [0.5, 0.6) is 5.75 Å². The van der Waals surface area contributed by atoms with Crippen LogP contribution in [0.2, 0.25) is 0 Å². The lowest BCUT2D eigenvalue weighted by Crippen LogP contribution is -2.23. The number of hydrogen-bond acceptors (Lipinski definition) is 3. The fraction of sp³-hybridized carbons (Fsp3) is 0.200. The van der Waals surface area contributed by atoms with Crippen molar-refractivity contribution in [3.05, 3.63) is 66.2 Å².